The standard InChI is InChI=1S/C28H35FN4O4/c1-5-6-13-36-21-8-9-22-24(15-21)31-18-33(26(22)34)25-10-7-20(14-23(25)29)32-12-11-19(17-32)16-30-27(35)37-28(2,3)4/h7-10,14-15,18-19H,5-6,11-13,16-17H2,1-4H3,(H,30,35). The van der Waals surface area contributed by atoms with Crippen LogP contribution >= 0.6 is 0 Å². The molecule has 1 unspecified atom stereocenters. The molecule has 1 amide bonds. The fourth-order valence-corrected chi connectivity index (χ4v) is 4.36. The minimum Gasteiger partial charge on any atom is -0.494 e. The van der Waals surface area contributed by atoms with Gasteiger partial charge < -0.3 is 19.7 Å². The van der Waals surface area contributed by atoms with Crippen molar-refractivity contribution in [2.24, 2.45) is 5.92 Å². The van der Waals surface area contributed by atoms with Crippen molar-refractivity contribution in [2.75, 3.05) is 31.1 Å². The monoisotopic (exact) mass is 510 g/mol. The molecule has 1 aromatic heterocycles. The second kappa shape index (κ2) is 11.2. The molecule has 0 radical (unpaired) electrons. The summed E-state index contributed by atoms with van der Waals surface area (Å²) in [5.41, 5.74) is 0.506. The Morgan fingerprint density at radius 1 is 1.22 bits per heavy atom. The fourth-order valence-electron chi connectivity index (χ4n) is 4.36. The maximum absolute atomic E-state index is 15.2. The summed E-state index contributed by atoms with van der Waals surface area (Å²) >= 11 is 0. The lowest BCUT2D eigenvalue weighted by molar-refractivity contribution is 0.0520. The normalized spacial score (nSPS) is 15.7. The first kappa shape index (κ1) is 26.4. The molecule has 1 saturated heterocycles. The average molecular weight is 511 g/mol. The van der Waals surface area contributed by atoms with Gasteiger partial charge in [-0.1, -0.05) is 13.3 Å². The highest BCUT2D eigenvalue weighted by Gasteiger charge is 2.25. The number of fused-ring (bicyclic) bond motifs is 1. The van der Waals surface area contributed by atoms with E-state index < -0.39 is 17.5 Å². The van der Waals surface area contributed by atoms with E-state index in [1.54, 1.807) is 24.3 Å². The third kappa shape index (κ3) is 6.58. The van der Waals surface area contributed by atoms with Gasteiger partial charge in [-0.15, -0.1) is 0 Å². The van der Waals surface area contributed by atoms with Gasteiger partial charge in [0.15, 0.2) is 0 Å². The first-order valence-electron chi connectivity index (χ1n) is 12.8. The van der Waals surface area contributed by atoms with Crippen LogP contribution in [0.5, 0.6) is 5.75 Å². The van der Waals surface area contributed by atoms with E-state index >= 15 is 4.39 Å². The molecular weight excluding hydrogens is 475 g/mol. The summed E-state index contributed by atoms with van der Waals surface area (Å²) in [5.74, 6) is 0.389. The Morgan fingerprint density at radius 2 is 2.03 bits per heavy atom. The van der Waals surface area contributed by atoms with E-state index in [0.29, 0.717) is 36.3 Å². The van der Waals surface area contributed by atoms with Crippen molar-refractivity contribution in [1.82, 2.24) is 14.9 Å². The summed E-state index contributed by atoms with van der Waals surface area (Å²) < 4.78 is 27.4. The van der Waals surface area contributed by atoms with Gasteiger partial charge >= 0.3 is 6.09 Å². The Bertz CT molecular complexity index is 1320. The van der Waals surface area contributed by atoms with Crippen LogP contribution < -0.4 is 20.5 Å². The molecule has 4 rings (SSSR count). The summed E-state index contributed by atoms with van der Waals surface area (Å²) in [5, 5.41) is 3.21. The number of carbonyl (C=O) groups excluding carboxylic acids is 1. The molecule has 0 spiro atoms. The molecule has 37 heavy (non-hydrogen) atoms. The van der Waals surface area contributed by atoms with Crippen LogP contribution in [0.15, 0.2) is 47.5 Å². The molecule has 1 aliphatic rings. The fraction of sp³-hybridized carbons (Fsp3) is 0.464. The molecule has 2 aromatic carbocycles. The van der Waals surface area contributed by atoms with Crippen LogP contribution in [0.2, 0.25) is 0 Å². The summed E-state index contributed by atoms with van der Waals surface area (Å²) in [6, 6.07) is 10.0. The number of hydrogen-bond acceptors (Lipinski definition) is 6. The van der Waals surface area contributed by atoms with Crippen LogP contribution in [0.25, 0.3) is 16.6 Å². The Morgan fingerprint density at radius 3 is 2.76 bits per heavy atom. The minimum absolute atomic E-state index is 0.147. The van der Waals surface area contributed by atoms with E-state index in [-0.39, 0.29) is 17.2 Å². The third-order valence-electron chi connectivity index (χ3n) is 6.27. The van der Waals surface area contributed by atoms with Crippen LogP contribution in [0, 0.1) is 11.7 Å². The Hall–Kier alpha value is -3.62. The molecule has 1 atom stereocenters. The SMILES string of the molecule is CCCCOc1ccc2c(=O)n(-c3ccc(N4CCC(CNC(=O)OC(C)(C)C)C4)cc3F)cnc2c1. The molecule has 9 heteroatoms. The number of nitrogens with one attached hydrogen (secondary N) is 1. The highest BCUT2D eigenvalue weighted by molar-refractivity contribution is 5.79. The predicted octanol–water partition coefficient (Wildman–Crippen LogP) is 5.05. The van der Waals surface area contributed by atoms with Crippen molar-refractivity contribution < 1.29 is 18.7 Å². The van der Waals surface area contributed by atoms with Gasteiger partial charge in [-0.3, -0.25) is 9.36 Å². The zero-order chi connectivity index (χ0) is 26.6. The Kier molecular flexibility index (Phi) is 8.00. The summed E-state index contributed by atoms with van der Waals surface area (Å²) in [7, 11) is 0. The van der Waals surface area contributed by atoms with Crippen molar-refractivity contribution in [3.8, 4) is 11.4 Å². The Balaban J connectivity index is 1.44. The number of carbonyl (C=O) groups is 1. The van der Waals surface area contributed by atoms with Gasteiger partial charge in [0.2, 0.25) is 0 Å². The zero-order valence-electron chi connectivity index (χ0n) is 21.9. The Labute approximate surface area is 216 Å². The highest BCUT2D eigenvalue weighted by Crippen LogP contribution is 2.27. The number of aromatic nitrogens is 2. The number of amides is 1. The lowest BCUT2D eigenvalue weighted by atomic mass is 10.1. The van der Waals surface area contributed by atoms with Crippen LogP contribution in [0.1, 0.15) is 47.0 Å². The lowest BCUT2D eigenvalue weighted by Crippen LogP contribution is -2.36. The number of alkyl carbamates (subject to hydrolysis) is 1. The van der Waals surface area contributed by atoms with Crippen LogP contribution in [-0.2, 0) is 4.74 Å². The van der Waals surface area contributed by atoms with Gasteiger partial charge in [0.25, 0.3) is 5.56 Å². The minimum atomic E-state index is -0.542. The molecule has 0 saturated carbocycles. The quantitative estimate of drug-likeness (QED) is 0.427. The molecule has 3 aromatic rings. The number of rotatable bonds is 8. The maximum Gasteiger partial charge on any atom is 0.407 e. The van der Waals surface area contributed by atoms with E-state index in [4.69, 9.17) is 9.47 Å². The van der Waals surface area contributed by atoms with E-state index in [1.807, 2.05) is 26.8 Å². The zero-order valence-corrected chi connectivity index (χ0v) is 21.9. The first-order valence-corrected chi connectivity index (χ1v) is 12.8. The number of halogens is 1. The van der Waals surface area contributed by atoms with Gasteiger partial charge in [-0.25, -0.2) is 14.2 Å². The van der Waals surface area contributed by atoms with Gasteiger partial charge in [0, 0.05) is 31.4 Å². The van der Waals surface area contributed by atoms with Gasteiger partial charge in [0.05, 0.1) is 23.2 Å². The number of benzene rings is 2. The van der Waals surface area contributed by atoms with Crippen LogP contribution in [-0.4, -0.2) is 47.5 Å². The maximum atomic E-state index is 15.2. The number of unbranched alkanes of at least 4 members (excludes halogenated alkanes) is 1. The van der Waals surface area contributed by atoms with Crippen molar-refractivity contribution in [3.05, 3.63) is 58.9 Å². The smallest absolute Gasteiger partial charge is 0.407 e. The lowest BCUT2D eigenvalue weighted by Gasteiger charge is -2.21. The van der Waals surface area contributed by atoms with Gasteiger partial charge in [-0.2, -0.15) is 0 Å². The molecule has 1 N–H and O–H groups in total. The molecule has 0 bridgehead atoms. The number of anilines is 1. The first-order chi connectivity index (χ1) is 17.6. The van der Waals surface area contributed by atoms with Gasteiger partial charge in [-0.05, 0) is 69.9 Å². The largest absolute Gasteiger partial charge is 0.494 e. The summed E-state index contributed by atoms with van der Waals surface area (Å²) in [6.45, 7) is 10.1. The van der Waals surface area contributed by atoms with Crippen LogP contribution in [0.4, 0.5) is 14.9 Å². The summed E-state index contributed by atoms with van der Waals surface area (Å²) in [6.07, 6.45) is 3.77. The molecule has 0 aliphatic carbocycles. The third-order valence-corrected chi connectivity index (χ3v) is 6.27. The molecule has 1 fully saturated rings. The molecule has 1 aliphatic heterocycles. The van der Waals surface area contributed by atoms with E-state index in [1.165, 1.54) is 17.0 Å². The van der Waals surface area contributed by atoms with Crippen molar-refractivity contribution in [2.45, 2.75) is 52.6 Å². The molecule has 2 heterocycles. The number of ether oxygens (including phenoxy) is 2. The molecule has 198 valence electrons. The van der Waals surface area contributed by atoms with E-state index in [9.17, 15) is 9.59 Å². The van der Waals surface area contributed by atoms with Crippen molar-refractivity contribution in [1.29, 1.82) is 0 Å². The predicted molar refractivity (Wildman–Crippen MR) is 142 cm³/mol. The number of hydrogen-bond donors (Lipinski definition) is 1. The number of nitrogens with zero attached hydrogens (tertiary/aromatic N) is 3. The van der Waals surface area contributed by atoms with Crippen LogP contribution in [0.3, 0.4) is 0 Å². The summed E-state index contributed by atoms with van der Waals surface area (Å²) in [4.78, 5) is 31.5. The second-order valence-electron chi connectivity index (χ2n) is 10.4. The highest BCUT2D eigenvalue weighted by atomic mass is 19.1. The molecule has 8 nitrogen and oxygen atoms in total. The van der Waals surface area contributed by atoms with E-state index in [0.717, 1.165) is 31.5 Å². The molecular formula is C28H35FN4O4. The van der Waals surface area contributed by atoms with E-state index in [2.05, 4.69) is 22.1 Å². The topological polar surface area (TPSA) is 85.7 Å². The second-order valence-corrected chi connectivity index (χ2v) is 10.4. The van der Waals surface area contributed by atoms with Crippen molar-refractivity contribution in [3.63, 3.8) is 0 Å². The average Bonchev–Trinajstić information content (AvgIpc) is 3.32. The van der Waals surface area contributed by atoms with Crippen molar-refractivity contribution >= 4 is 22.7 Å². The van der Waals surface area contributed by atoms with Gasteiger partial charge in [0.1, 0.15) is 23.5 Å².